The molecule has 3 rings (SSSR count). The van der Waals surface area contributed by atoms with Crippen LogP contribution in [0.5, 0.6) is 5.75 Å². The van der Waals surface area contributed by atoms with E-state index in [4.69, 9.17) is 4.74 Å². The van der Waals surface area contributed by atoms with E-state index >= 15 is 0 Å². The Hall–Kier alpha value is -2.14. The van der Waals surface area contributed by atoms with Gasteiger partial charge in [-0.1, -0.05) is 12.1 Å². The van der Waals surface area contributed by atoms with E-state index in [2.05, 4.69) is 15.3 Å². The molecule has 2 heterocycles. The summed E-state index contributed by atoms with van der Waals surface area (Å²) in [6.45, 7) is 4.25. The minimum absolute atomic E-state index is 0.105. The molecule has 116 valence electrons. The molecule has 0 aliphatic carbocycles. The quantitative estimate of drug-likeness (QED) is 0.907. The summed E-state index contributed by atoms with van der Waals surface area (Å²) in [4.78, 5) is 19.2. The van der Waals surface area contributed by atoms with E-state index in [9.17, 15) is 4.79 Å². The third-order valence-electron chi connectivity index (χ3n) is 3.93. The Morgan fingerprint density at radius 1 is 1.27 bits per heavy atom. The van der Waals surface area contributed by atoms with E-state index in [1.165, 1.54) is 0 Å². The highest BCUT2D eigenvalue weighted by molar-refractivity contribution is 5.27. The average molecular weight is 299 g/mol. The minimum atomic E-state index is -0.105. The third kappa shape index (κ3) is 3.74. The minimum Gasteiger partial charge on any atom is -0.486 e. The van der Waals surface area contributed by atoms with Crippen molar-refractivity contribution in [2.45, 2.75) is 32.3 Å². The number of ether oxygens (including phenoxy) is 1. The number of aryl methyl sites for hydroxylation is 1. The molecule has 1 aliphatic rings. The topological polar surface area (TPSA) is 67.0 Å². The molecule has 1 fully saturated rings. The van der Waals surface area contributed by atoms with Gasteiger partial charge in [-0.15, -0.1) is 0 Å². The first-order chi connectivity index (χ1) is 10.7. The lowest BCUT2D eigenvalue weighted by Gasteiger charge is -2.22. The largest absolute Gasteiger partial charge is 0.486 e. The standard InChI is InChI=1S/C17H21N3O2/c1-12-3-2-4-14(9-12)22-11-16-19-15(10-17(21)20-16)13-5-7-18-8-6-13/h2-4,9-10,13,18H,5-8,11H2,1H3,(H,19,20,21). The molecule has 2 N–H and O–H groups in total. The highest BCUT2D eigenvalue weighted by atomic mass is 16.5. The summed E-state index contributed by atoms with van der Waals surface area (Å²) in [7, 11) is 0. The van der Waals surface area contributed by atoms with E-state index in [0.29, 0.717) is 11.7 Å². The van der Waals surface area contributed by atoms with Gasteiger partial charge in [-0.05, 0) is 50.6 Å². The van der Waals surface area contributed by atoms with Crippen molar-refractivity contribution in [3.63, 3.8) is 0 Å². The van der Waals surface area contributed by atoms with E-state index in [1.54, 1.807) is 6.07 Å². The average Bonchev–Trinajstić information content (AvgIpc) is 2.53. The molecule has 1 aliphatic heterocycles. The van der Waals surface area contributed by atoms with E-state index in [-0.39, 0.29) is 12.2 Å². The fourth-order valence-electron chi connectivity index (χ4n) is 2.78. The number of aromatic nitrogens is 2. The molecule has 0 unspecified atom stereocenters. The van der Waals surface area contributed by atoms with Crippen molar-refractivity contribution >= 4 is 0 Å². The molecule has 22 heavy (non-hydrogen) atoms. The van der Waals surface area contributed by atoms with Crippen LogP contribution in [0.3, 0.4) is 0 Å². The summed E-state index contributed by atoms with van der Waals surface area (Å²) in [5.74, 6) is 1.73. The van der Waals surface area contributed by atoms with Gasteiger partial charge in [0.2, 0.25) is 0 Å². The van der Waals surface area contributed by atoms with Crippen LogP contribution in [-0.4, -0.2) is 23.1 Å². The van der Waals surface area contributed by atoms with Crippen LogP contribution in [0.2, 0.25) is 0 Å². The van der Waals surface area contributed by atoms with E-state index in [0.717, 1.165) is 42.9 Å². The number of hydrogen-bond acceptors (Lipinski definition) is 4. The normalized spacial score (nSPS) is 15.7. The Morgan fingerprint density at radius 2 is 2.09 bits per heavy atom. The first-order valence-corrected chi connectivity index (χ1v) is 7.71. The van der Waals surface area contributed by atoms with Crippen LogP contribution in [0.1, 0.15) is 35.8 Å². The molecule has 0 atom stereocenters. The Bertz CT molecular complexity index is 690. The van der Waals surface area contributed by atoms with E-state index in [1.807, 2.05) is 31.2 Å². The SMILES string of the molecule is Cc1cccc(OCc2nc(C3CCNCC3)cc(=O)[nH]2)c1. The molecule has 1 aromatic carbocycles. The number of benzene rings is 1. The lowest BCUT2D eigenvalue weighted by molar-refractivity contribution is 0.294. The van der Waals surface area contributed by atoms with Crippen molar-refractivity contribution in [2.75, 3.05) is 13.1 Å². The Morgan fingerprint density at radius 3 is 2.86 bits per heavy atom. The zero-order chi connectivity index (χ0) is 15.4. The molecule has 0 saturated carbocycles. The number of piperidine rings is 1. The fourth-order valence-corrected chi connectivity index (χ4v) is 2.78. The monoisotopic (exact) mass is 299 g/mol. The van der Waals surface area contributed by atoms with E-state index < -0.39 is 0 Å². The summed E-state index contributed by atoms with van der Waals surface area (Å²) in [6, 6.07) is 9.46. The maximum absolute atomic E-state index is 11.9. The van der Waals surface area contributed by atoms with Crippen LogP contribution in [0.25, 0.3) is 0 Å². The van der Waals surface area contributed by atoms with Gasteiger partial charge < -0.3 is 15.0 Å². The predicted octanol–water partition coefficient (Wildman–Crippen LogP) is 2.12. The highest BCUT2D eigenvalue weighted by Crippen LogP contribution is 2.22. The molecular weight excluding hydrogens is 278 g/mol. The Balaban J connectivity index is 1.73. The van der Waals surface area contributed by atoms with Gasteiger partial charge in [-0.3, -0.25) is 4.79 Å². The summed E-state index contributed by atoms with van der Waals surface area (Å²) in [5.41, 5.74) is 1.92. The van der Waals surface area contributed by atoms with Crippen molar-refractivity contribution in [1.82, 2.24) is 15.3 Å². The number of hydrogen-bond donors (Lipinski definition) is 2. The van der Waals surface area contributed by atoms with Gasteiger partial charge in [0.1, 0.15) is 18.2 Å². The van der Waals surface area contributed by atoms with Crippen molar-refractivity contribution in [2.24, 2.45) is 0 Å². The van der Waals surface area contributed by atoms with Gasteiger partial charge in [0.15, 0.2) is 0 Å². The second-order valence-electron chi connectivity index (χ2n) is 5.75. The summed E-state index contributed by atoms with van der Waals surface area (Å²) in [5, 5.41) is 3.33. The van der Waals surface area contributed by atoms with Gasteiger partial charge in [0, 0.05) is 12.0 Å². The molecule has 1 saturated heterocycles. The first-order valence-electron chi connectivity index (χ1n) is 7.71. The molecular formula is C17H21N3O2. The van der Waals surface area contributed by atoms with Crippen LogP contribution in [0.15, 0.2) is 35.1 Å². The zero-order valence-electron chi connectivity index (χ0n) is 12.8. The van der Waals surface area contributed by atoms with Crippen LogP contribution in [-0.2, 0) is 6.61 Å². The smallest absolute Gasteiger partial charge is 0.251 e. The van der Waals surface area contributed by atoms with Crippen LogP contribution < -0.4 is 15.6 Å². The molecule has 0 radical (unpaired) electrons. The summed E-state index contributed by atoms with van der Waals surface area (Å²) >= 11 is 0. The van der Waals surface area contributed by atoms with Gasteiger partial charge in [0.25, 0.3) is 5.56 Å². The molecule has 5 heteroatoms. The number of aromatic amines is 1. The maximum atomic E-state index is 11.9. The summed E-state index contributed by atoms with van der Waals surface area (Å²) in [6.07, 6.45) is 2.04. The van der Waals surface area contributed by atoms with Crippen LogP contribution in [0.4, 0.5) is 0 Å². The van der Waals surface area contributed by atoms with Crippen LogP contribution >= 0.6 is 0 Å². The second kappa shape index (κ2) is 6.75. The number of nitrogens with one attached hydrogen (secondary N) is 2. The first kappa shape index (κ1) is 14.8. The fraction of sp³-hybridized carbons (Fsp3) is 0.412. The third-order valence-corrected chi connectivity index (χ3v) is 3.93. The van der Waals surface area contributed by atoms with Gasteiger partial charge in [0.05, 0.1) is 5.69 Å². The maximum Gasteiger partial charge on any atom is 0.251 e. The zero-order valence-corrected chi connectivity index (χ0v) is 12.8. The molecule has 1 aromatic heterocycles. The Labute approximate surface area is 129 Å². The number of nitrogens with zero attached hydrogens (tertiary/aromatic N) is 1. The van der Waals surface area contributed by atoms with Crippen molar-refractivity contribution in [1.29, 1.82) is 0 Å². The second-order valence-corrected chi connectivity index (χ2v) is 5.75. The highest BCUT2D eigenvalue weighted by Gasteiger charge is 2.17. The molecule has 0 bridgehead atoms. The molecule has 0 spiro atoms. The number of H-pyrrole nitrogens is 1. The van der Waals surface area contributed by atoms with Gasteiger partial charge >= 0.3 is 0 Å². The molecule has 2 aromatic rings. The lowest BCUT2D eigenvalue weighted by atomic mass is 9.94. The lowest BCUT2D eigenvalue weighted by Crippen LogP contribution is -2.28. The van der Waals surface area contributed by atoms with Crippen LogP contribution in [0, 0.1) is 6.92 Å². The number of rotatable bonds is 4. The molecule has 0 amide bonds. The molecule has 5 nitrogen and oxygen atoms in total. The van der Waals surface area contributed by atoms with Crippen molar-refractivity contribution in [3.05, 3.63) is 57.8 Å². The van der Waals surface area contributed by atoms with Crippen molar-refractivity contribution in [3.8, 4) is 5.75 Å². The van der Waals surface area contributed by atoms with Crippen molar-refractivity contribution < 1.29 is 4.74 Å². The Kier molecular flexibility index (Phi) is 4.53. The van der Waals surface area contributed by atoms with Gasteiger partial charge in [-0.25, -0.2) is 4.98 Å². The summed E-state index contributed by atoms with van der Waals surface area (Å²) < 4.78 is 5.73. The van der Waals surface area contributed by atoms with Gasteiger partial charge in [-0.2, -0.15) is 0 Å². The predicted molar refractivity (Wildman–Crippen MR) is 85.2 cm³/mol.